The topological polar surface area (TPSA) is 113 Å². The smallest absolute Gasteiger partial charge is 0.264 e. The fourth-order valence-electron chi connectivity index (χ4n) is 1.22. The van der Waals surface area contributed by atoms with E-state index in [4.69, 9.17) is 0 Å². The molecule has 0 aromatic heterocycles. The Bertz CT molecular complexity index is 432. The molecule has 8 nitrogen and oxygen atoms in total. The van der Waals surface area contributed by atoms with Crippen molar-refractivity contribution in [2.45, 2.75) is 12.5 Å². The largest absolute Gasteiger partial charge is 0.377 e. The van der Waals surface area contributed by atoms with E-state index in [9.17, 15) is 25.0 Å². The lowest BCUT2D eigenvalue weighted by Crippen LogP contribution is -2.34. The quantitative estimate of drug-likeness (QED) is 0.550. The van der Waals surface area contributed by atoms with E-state index in [1.165, 1.54) is 0 Å². The zero-order valence-electron chi connectivity index (χ0n) is 8.52. The first kappa shape index (κ1) is 12.6. The molecule has 0 N–H and O–H groups in total. The number of nitrogens with zero attached hydrogens (tertiary/aromatic N) is 2. The summed E-state index contributed by atoms with van der Waals surface area (Å²) in [5.74, 6) is -1.48. The molecular formula is C9H8N2O6. The molecule has 8 heteroatoms. The first-order valence-corrected chi connectivity index (χ1v) is 4.54. The normalized spacial score (nSPS) is 11.5. The van der Waals surface area contributed by atoms with Gasteiger partial charge in [-0.3, -0.25) is 14.9 Å². The fourth-order valence-corrected chi connectivity index (χ4v) is 1.22. The molecule has 90 valence electrons. The molecule has 0 aliphatic rings. The van der Waals surface area contributed by atoms with Crippen LogP contribution in [0.2, 0.25) is 0 Å². The Labute approximate surface area is 95.1 Å². The predicted molar refractivity (Wildman–Crippen MR) is 54.0 cm³/mol. The van der Waals surface area contributed by atoms with E-state index < -0.39 is 22.0 Å². The summed E-state index contributed by atoms with van der Waals surface area (Å²) in [5.41, 5.74) is 0.523. The molecule has 1 aromatic carbocycles. The van der Waals surface area contributed by atoms with Gasteiger partial charge in [0.15, 0.2) is 0 Å². The van der Waals surface area contributed by atoms with Crippen LogP contribution < -0.4 is 0 Å². The van der Waals surface area contributed by atoms with Gasteiger partial charge in [-0.1, -0.05) is 30.3 Å². The highest BCUT2D eigenvalue weighted by Crippen LogP contribution is 2.07. The van der Waals surface area contributed by atoms with Crippen molar-refractivity contribution < 1.29 is 19.6 Å². The van der Waals surface area contributed by atoms with Gasteiger partial charge < -0.3 is 0 Å². The molecule has 1 atom stereocenters. The van der Waals surface area contributed by atoms with Gasteiger partial charge in [0, 0.05) is 11.3 Å². The number of benzene rings is 1. The van der Waals surface area contributed by atoms with Crippen LogP contribution in [0.3, 0.4) is 0 Å². The van der Waals surface area contributed by atoms with Crippen LogP contribution in [0, 0.1) is 20.2 Å². The maximum atomic E-state index is 11.1. The number of rotatable bonds is 5. The second-order valence-electron chi connectivity index (χ2n) is 3.12. The third kappa shape index (κ3) is 3.86. The van der Waals surface area contributed by atoms with Crippen LogP contribution in [0.25, 0.3) is 0 Å². The van der Waals surface area contributed by atoms with Crippen molar-refractivity contribution in [1.29, 1.82) is 0 Å². The van der Waals surface area contributed by atoms with Crippen LogP contribution in [-0.4, -0.2) is 22.0 Å². The lowest BCUT2D eigenvalue weighted by Gasteiger charge is -2.06. The Morgan fingerprint density at radius 3 is 2.29 bits per heavy atom. The van der Waals surface area contributed by atoms with Crippen molar-refractivity contribution >= 4 is 5.97 Å². The number of nitro groups is 1. The van der Waals surface area contributed by atoms with Crippen LogP contribution in [-0.2, 0) is 16.1 Å². The number of carbonyl (C=O) groups is 1. The number of hydrogen-bond donors (Lipinski definition) is 0. The van der Waals surface area contributed by atoms with Gasteiger partial charge in [-0.05, 0) is 5.56 Å². The molecule has 0 saturated carbocycles. The maximum Gasteiger partial charge on any atom is 0.377 e. The van der Waals surface area contributed by atoms with Gasteiger partial charge in [0.2, 0.25) is 0 Å². The van der Waals surface area contributed by atoms with Crippen LogP contribution >= 0.6 is 0 Å². The lowest BCUT2D eigenvalue weighted by atomic mass is 10.1. The monoisotopic (exact) mass is 240 g/mol. The van der Waals surface area contributed by atoms with Crippen LogP contribution in [0.1, 0.15) is 5.56 Å². The SMILES string of the molecule is O=C(O[N+](=O)[O-])C(Cc1ccccc1)[N+](=O)[O-]. The molecule has 0 saturated heterocycles. The highest BCUT2D eigenvalue weighted by Gasteiger charge is 2.32. The lowest BCUT2D eigenvalue weighted by molar-refractivity contribution is -0.733. The minimum atomic E-state index is -1.78. The Morgan fingerprint density at radius 2 is 1.82 bits per heavy atom. The molecule has 1 aromatic rings. The van der Waals surface area contributed by atoms with Crippen molar-refractivity contribution in [2.24, 2.45) is 0 Å². The molecule has 0 bridgehead atoms. The van der Waals surface area contributed by atoms with Crippen LogP contribution in [0.15, 0.2) is 30.3 Å². The third-order valence-electron chi connectivity index (χ3n) is 1.96. The second-order valence-corrected chi connectivity index (χ2v) is 3.12. The van der Waals surface area contributed by atoms with E-state index in [-0.39, 0.29) is 6.42 Å². The molecule has 1 rings (SSSR count). The van der Waals surface area contributed by atoms with Gasteiger partial charge in [-0.15, -0.1) is 10.1 Å². The first-order valence-electron chi connectivity index (χ1n) is 4.54. The summed E-state index contributed by atoms with van der Waals surface area (Å²) in [6, 6.07) is 6.38. The highest BCUT2D eigenvalue weighted by atomic mass is 17.0. The van der Waals surface area contributed by atoms with E-state index in [2.05, 4.69) is 4.84 Å². The summed E-state index contributed by atoms with van der Waals surface area (Å²) in [5, 5.41) is 19.2. The zero-order valence-corrected chi connectivity index (χ0v) is 8.52. The fraction of sp³-hybridized carbons (Fsp3) is 0.222. The number of carbonyl (C=O) groups excluding carboxylic acids is 1. The zero-order chi connectivity index (χ0) is 12.8. The molecule has 0 amide bonds. The molecule has 0 fully saturated rings. The molecule has 0 aliphatic carbocycles. The maximum absolute atomic E-state index is 11.1. The molecule has 0 radical (unpaired) electrons. The van der Waals surface area contributed by atoms with Crippen LogP contribution in [0.5, 0.6) is 0 Å². The van der Waals surface area contributed by atoms with Crippen LogP contribution in [0.4, 0.5) is 0 Å². The summed E-state index contributed by atoms with van der Waals surface area (Å²) < 4.78 is 0. The van der Waals surface area contributed by atoms with Crippen molar-refractivity contribution in [3.63, 3.8) is 0 Å². The minimum Gasteiger partial charge on any atom is -0.264 e. The standard InChI is InChI=1S/C9H8N2O6/c12-9(17-11(15)16)8(10(13)14)6-7-4-2-1-3-5-7/h1-5,8H,6H2. The molecule has 17 heavy (non-hydrogen) atoms. The third-order valence-corrected chi connectivity index (χ3v) is 1.96. The van der Waals surface area contributed by atoms with Crippen molar-refractivity contribution in [3.05, 3.63) is 56.1 Å². The Balaban J connectivity index is 2.77. The van der Waals surface area contributed by atoms with E-state index in [0.717, 1.165) is 0 Å². The Kier molecular flexibility index (Phi) is 4.09. The first-order chi connectivity index (χ1) is 8.00. The summed E-state index contributed by atoms with van der Waals surface area (Å²) in [6.07, 6.45) is -0.249. The highest BCUT2D eigenvalue weighted by molar-refractivity contribution is 5.74. The number of hydrogen-bond acceptors (Lipinski definition) is 6. The Hall–Kier alpha value is -2.51. The minimum absolute atomic E-state index is 0.249. The summed E-state index contributed by atoms with van der Waals surface area (Å²) in [7, 11) is 0. The van der Waals surface area contributed by atoms with Gasteiger partial charge in [0.1, 0.15) is 0 Å². The van der Waals surface area contributed by atoms with Gasteiger partial charge in [0.25, 0.3) is 6.04 Å². The average Bonchev–Trinajstić information content (AvgIpc) is 2.25. The second kappa shape index (κ2) is 5.54. The van der Waals surface area contributed by atoms with Gasteiger partial charge in [0.05, 0.1) is 0 Å². The molecule has 0 spiro atoms. The molecule has 1 unspecified atom stereocenters. The van der Waals surface area contributed by atoms with E-state index in [1.54, 1.807) is 30.3 Å². The van der Waals surface area contributed by atoms with E-state index in [0.29, 0.717) is 5.56 Å². The van der Waals surface area contributed by atoms with E-state index in [1.807, 2.05) is 0 Å². The predicted octanol–water partition coefficient (Wildman–Crippen LogP) is 0.609. The van der Waals surface area contributed by atoms with Gasteiger partial charge in [-0.2, -0.15) is 0 Å². The average molecular weight is 240 g/mol. The van der Waals surface area contributed by atoms with Gasteiger partial charge >= 0.3 is 11.1 Å². The van der Waals surface area contributed by atoms with E-state index >= 15 is 0 Å². The van der Waals surface area contributed by atoms with Crippen molar-refractivity contribution in [1.82, 2.24) is 0 Å². The molecule has 0 heterocycles. The Morgan fingerprint density at radius 1 is 1.24 bits per heavy atom. The van der Waals surface area contributed by atoms with Gasteiger partial charge in [-0.25, -0.2) is 4.84 Å². The molecule has 0 aliphatic heterocycles. The summed E-state index contributed by atoms with van der Waals surface area (Å²) >= 11 is 0. The molecular weight excluding hydrogens is 232 g/mol. The summed E-state index contributed by atoms with van der Waals surface area (Å²) in [6.45, 7) is 0. The van der Waals surface area contributed by atoms with Crippen molar-refractivity contribution in [2.75, 3.05) is 0 Å². The van der Waals surface area contributed by atoms with Crippen molar-refractivity contribution in [3.8, 4) is 0 Å². The summed E-state index contributed by atoms with van der Waals surface area (Å²) in [4.78, 5) is 34.3.